The molecule has 134 valence electrons. The summed E-state index contributed by atoms with van der Waals surface area (Å²) in [7, 11) is 0. The fraction of sp³-hybridized carbons (Fsp3) is 0.588. The first-order chi connectivity index (χ1) is 10.6. The van der Waals surface area contributed by atoms with E-state index in [0.29, 0.717) is 0 Å². The topological polar surface area (TPSA) is 61.4 Å². The number of hydrogen-bond acceptors (Lipinski definition) is 4. The molecule has 0 bridgehead atoms. The summed E-state index contributed by atoms with van der Waals surface area (Å²) in [5.41, 5.74) is 2.37. The third-order valence-corrected chi connectivity index (χ3v) is 5.04. The fourth-order valence-electron chi connectivity index (χ4n) is 3.78. The van der Waals surface area contributed by atoms with Gasteiger partial charge in [0.1, 0.15) is 17.5 Å². The molecule has 0 radical (unpaired) electrons. The van der Waals surface area contributed by atoms with Crippen LogP contribution >= 0.6 is 24.8 Å². The summed E-state index contributed by atoms with van der Waals surface area (Å²) in [5.74, 6) is 0.864. The molecule has 24 heavy (non-hydrogen) atoms. The molecule has 2 atom stereocenters. The zero-order valence-corrected chi connectivity index (χ0v) is 15.6. The molecule has 2 N–H and O–H groups in total. The highest BCUT2D eigenvalue weighted by Gasteiger charge is 2.45. The van der Waals surface area contributed by atoms with Crippen LogP contribution < -0.4 is 4.74 Å². The van der Waals surface area contributed by atoms with Gasteiger partial charge in [-0.1, -0.05) is 6.42 Å². The molecular formula is C17H25Cl2N3O2. The number of aromatic nitrogens is 2. The second-order valence-electron chi connectivity index (χ2n) is 7.00. The maximum Gasteiger partial charge on any atom is 0.131 e. The van der Waals surface area contributed by atoms with Crippen molar-refractivity contribution in [3.05, 3.63) is 24.0 Å². The number of H-pyrrole nitrogens is 1. The number of nitrogens with zero attached hydrogens (tertiary/aromatic N) is 2. The van der Waals surface area contributed by atoms with E-state index < -0.39 is 11.7 Å². The van der Waals surface area contributed by atoms with Crippen LogP contribution in [-0.4, -0.2) is 44.8 Å². The van der Waals surface area contributed by atoms with Crippen LogP contribution in [0.5, 0.6) is 5.75 Å². The Bertz CT molecular complexity index is 698. The minimum atomic E-state index is -0.594. The average Bonchev–Trinajstić information content (AvgIpc) is 2.94. The minimum absolute atomic E-state index is 0. The van der Waals surface area contributed by atoms with Crippen LogP contribution in [0, 0.1) is 0 Å². The summed E-state index contributed by atoms with van der Waals surface area (Å²) in [5, 5.41) is 10.9. The van der Waals surface area contributed by atoms with Gasteiger partial charge in [-0.3, -0.25) is 4.90 Å². The molecule has 0 unspecified atom stereocenters. The molecule has 0 aliphatic carbocycles. The monoisotopic (exact) mass is 373 g/mol. The van der Waals surface area contributed by atoms with Gasteiger partial charge in [0.25, 0.3) is 0 Å². The zero-order valence-electron chi connectivity index (χ0n) is 14.0. The fourth-order valence-corrected chi connectivity index (χ4v) is 3.78. The van der Waals surface area contributed by atoms with Crippen LogP contribution in [0.3, 0.4) is 0 Å². The highest BCUT2D eigenvalue weighted by atomic mass is 35.5. The number of rotatable bonds is 1. The Balaban J connectivity index is 0.00000104. The number of hydrogen-bond donors (Lipinski definition) is 2. The van der Waals surface area contributed by atoms with E-state index in [0.717, 1.165) is 35.4 Å². The van der Waals surface area contributed by atoms with Gasteiger partial charge in [0.15, 0.2) is 0 Å². The summed E-state index contributed by atoms with van der Waals surface area (Å²) < 4.78 is 6.11. The molecule has 2 aliphatic rings. The molecule has 0 spiro atoms. The van der Waals surface area contributed by atoms with Gasteiger partial charge in [-0.05, 0) is 45.8 Å². The Labute approximate surface area is 154 Å². The van der Waals surface area contributed by atoms with Crippen LogP contribution in [0.2, 0.25) is 0 Å². The SMILES string of the molecule is CC1(C)Oc2cc3[nH]cnc3cc2[C@H](N2CCCCC2)[C@H]1O.Cl.Cl. The van der Waals surface area contributed by atoms with E-state index in [9.17, 15) is 5.11 Å². The minimum Gasteiger partial charge on any atom is -0.485 e. The zero-order chi connectivity index (χ0) is 15.3. The molecule has 7 heteroatoms. The predicted molar refractivity (Wildman–Crippen MR) is 99.5 cm³/mol. The number of aromatic amines is 1. The van der Waals surface area contributed by atoms with Gasteiger partial charge in [-0.2, -0.15) is 0 Å². The standard InChI is InChI=1S/C17H23N3O2.2ClH/c1-17(2)16(21)15(20-6-4-3-5-7-20)11-8-12-13(19-10-18-12)9-14(11)22-17;;/h8-10,15-16,21H,3-7H2,1-2H3,(H,18,19);2*1H/t15-,16+;;/m0../s1. The summed E-state index contributed by atoms with van der Waals surface area (Å²) >= 11 is 0. The Morgan fingerprint density at radius 2 is 1.92 bits per heavy atom. The summed E-state index contributed by atoms with van der Waals surface area (Å²) in [4.78, 5) is 9.90. The van der Waals surface area contributed by atoms with Crippen molar-refractivity contribution in [3.63, 3.8) is 0 Å². The number of piperidine rings is 1. The number of benzene rings is 1. The molecular weight excluding hydrogens is 349 g/mol. The van der Waals surface area contributed by atoms with Gasteiger partial charge in [0.2, 0.25) is 0 Å². The molecule has 0 saturated carbocycles. The Kier molecular flexibility index (Phi) is 5.70. The molecule has 1 aromatic heterocycles. The summed E-state index contributed by atoms with van der Waals surface area (Å²) in [6.07, 6.45) is 4.84. The second kappa shape index (κ2) is 7.08. The van der Waals surface area contributed by atoms with Gasteiger partial charge in [-0.25, -0.2) is 4.98 Å². The van der Waals surface area contributed by atoms with Crippen molar-refractivity contribution in [2.24, 2.45) is 0 Å². The van der Waals surface area contributed by atoms with Crippen molar-refractivity contribution < 1.29 is 9.84 Å². The lowest BCUT2D eigenvalue weighted by Crippen LogP contribution is -2.54. The van der Waals surface area contributed by atoms with Crippen molar-refractivity contribution in [1.29, 1.82) is 0 Å². The van der Waals surface area contributed by atoms with Crippen LogP contribution in [0.15, 0.2) is 18.5 Å². The molecule has 2 aromatic rings. The predicted octanol–water partition coefficient (Wildman–Crippen LogP) is 3.47. The Morgan fingerprint density at radius 1 is 1.21 bits per heavy atom. The number of aliphatic hydroxyl groups excluding tert-OH is 1. The number of halogens is 2. The highest BCUT2D eigenvalue weighted by Crippen LogP contribution is 2.44. The third-order valence-electron chi connectivity index (χ3n) is 5.04. The lowest BCUT2D eigenvalue weighted by molar-refractivity contribution is -0.0960. The van der Waals surface area contributed by atoms with Crippen molar-refractivity contribution in [2.45, 2.75) is 50.9 Å². The van der Waals surface area contributed by atoms with Crippen molar-refractivity contribution >= 4 is 35.8 Å². The van der Waals surface area contributed by atoms with Crippen molar-refractivity contribution in [2.75, 3.05) is 13.1 Å². The van der Waals surface area contributed by atoms with Gasteiger partial charge >= 0.3 is 0 Å². The summed E-state index contributed by atoms with van der Waals surface area (Å²) in [6.45, 7) is 6.01. The summed E-state index contributed by atoms with van der Waals surface area (Å²) in [6, 6.07) is 4.07. The number of likely N-dealkylation sites (tertiary alicyclic amines) is 1. The molecule has 1 aromatic carbocycles. The molecule has 3 heterocycles. The van der Waals surface area contributed by atoms with Gasteiger partial charge < -0.3 is 14.8 Å². The molecule has 0 amide bonds. The number of aliphatic hydroxyl groups is 1. The third kappa shape index (κ3) is 3.10. The van der Waals surface area contributed by atoms with Gasteiger partial charge in [0, 0.05) is 11.6 Å². The van der Waals surface area contributed by atoms with Crippen LogP contribution in [0.4, 0.5) is 0 Å². The normalized spacial score (nSPS) is 26.0. The Hall–Kier alpha value is -1.01. The molecule has 5 nitrogen and oxygen atoms in total. The molecule has 1 saturated heterocycles. The maximum atomic E-state index is 10.9. The van der Waals surface area contributed by atoms with Crippen LogP contribution in [0.1, 0.15) is 44.7 Å². The number of nitrogens with one attached hydrogen (secondary N) is 1. The van der Waals surface area contributed by atoms with E-state index in [-0.39, 0.29) is 30.9 Å². The van der Waals surface area contributed by atoms with E-state index in [1.807, 2.05) is 19.9 Å². The van der Waals surface area contributed by atoms with Crippen molar-refractivity contribution in [3.8, 4) is 5.75 Å². The highest BCUT2D eigenvalue weighted by molar-refractivity contribution is 5.85. The van der Waals surface area contributed by atoms with Crippen LogP contribution in [0.25, 0.3) is 11.0 Å². The van der Waals surface area contributed by atoms with Gasteiger partial charge in [-0.15, -0.1) is 24.8 Å². The first kappa shape index (κ1) is 19.3. The second-order valence-corrected chi connectivity index (χ2v) is 7.00. The first-order valence-electron chi connectivity index (χ1n) is 8.14. The maximum absolute atomic E-state index is 10.9. The Morgan fingerprint density at radius 3 is 2.62 bits per heavy atom. The van der Waals surface area contributed by atoms with Crippen LogP contribution in [-0.2, 0) is 0 Å². The van der Waals surface area contributed by atoms with E-state index in [1.165, 1.54) is 19.3 Å². The number of fused-ring (bicyclic) bond motifs is 2. The van der Waals surface area contributed by atoms with E-state index in [4.69, 9.17) is 4.74 Å². The largest absolute Gasteiger partial charge is 0.485 e. The number of imidazole rings is 1. The molecule has 1 fully saturated rings. The lowest BCUT2D eigenvalue weighted by Gasteiger charge is -2.47. The smallest absolute Gasteiger partial charge is 0.131 e. The van der Waals surface area contributed by atoms with Crippen molar-refractivity contribution in [1.82, 2.24) is 14.9 Å². The quantitative estimate of drug-likeness (QED) is 0.803. The van der Waals surface area contributed by atoms with E-state index in [2.05, 4.69) is 20.9 Å². The number of ether oxygens (including phenoxy) is 1. The molecule has 4 rings (SSSR count). The first-order valence-corrected chi connectivity index (χ1v) is 8.14. The average molecular weight is 374 g/mol. The van der Waals surface area contributed by atoms with E-state index in [1.54, 1.807) is 6.33 Å². The lowest BCUT2D eigenvalue weighted by atomic mass is 9.84. The van der Waals surface area contributed by atoms with E-state index >= 15 is 0 Å². The van der Waals surface area contributed by atoms with Gasteiger partial charge in [0.05, 0.1) is 23.4 Å². The molecule has 2 aliphatic heterocycles.